The highest BCUT2D eigenvalue weighted by atomic mass is 16.3. The summed E-state index contributed by atoms with van der Waals surface area (Å²) in [5.74, 6) is 0.419. The van der Waals surface area contributed by atoms with E-state index in [2.05, 4.69) is 29.6 Å². The molecule has 5 rings (SSSR count). The van der Waals surface area contributed by atoms with Gasteiger partial charge in [-0.05, 0) is 42.5 Å². The molecule has 0 aliphatic heterocycles. The molecular formula is C20H23NO2. The van der Waals surface area contributed by atoms with E-state index < -0.39 is 0 Å². The van der Waals surface area contributed by atoms with E-state index in [-0.39, 0.29) is 17.6 Å². The van der Waals surface area contributed by atoms with Crippen LogP contribution in [0, 0.1) is 5.92 Å². The number of fused-ring (bicyclic) bond motifs is 2. The first kappa shape index (κ1) is 15.6. The first-order valence-corrected chi connectivity index (χ1v) is 8.38. The van der Waals surface area contributed by atoms with Gasteiger partial charge in [0.05, 0.1) is 0 Å². The molecule has 1 fully saturated rings. The molecule has 3 aliphatic rings. The van der Waals surface area contributed by atoms with E-state index in [1.54, 1.807) is 24.3 Å². The minimum absolute atomic E-state index is 0.0882. The Hall–Kier alpha value is -2.29. The molecule has 0 radical (unpaired) electrons. The predicted molar refractivity (Wildman–Crippen MR) is 92.6 cm³/mol. The van der Waals surface area contributed by atoms with Crippen molar-refractivity contribution in [2.24, 2.45) is 5.92 Å². The molecule has 0 aromatic heterocycles. The Morgan fingerprint density at radius 2 is 1.61 bits per heavy atom. The highest BCUT2D eigenvalue weighted by molar-refractivity contribution is 5.92. The van der Waals surface area contributed by atoms with Crippen LogP contribution >= 0.6 is 0 Å². The number of benzene rings is 2. The quantitative estimate of drug-likeness (QED) is 0.732. The second-order valence-corrected chi connectivity index (χ2v) is 6.37. The highest BCUT2D eigenvalue weighted by Gasteiger charge is 2.20. The first-order valence-electron chi connectivity index (χ1n) is 8.38. The van der Waals surface area contributed by atoms with Crippen LogP contribution in [0.15, 0.2) is 48.5 Å². The molecular weight excluding hydrogens is 286 g/mol. The number of carbonyl (C=O) groups excluding carboxylic acids is 1. The lowest BCUT2D eigenvalue weighted by molar-refractivity contribution is -0.120. The fourth-order valence-corrected chi connectivity index (χ4v) is 3.15. The largest absolute Gasteiger partial charge is 0.508 e. The summed E-state index contributed by atoms with van der Waals surface area (Å²) < 4.78 is 0. The number of amides is 1. The van der Waals surface area contributed by atoms with Crippen LogP contribution in [0.1, 0.15) is 43.2 Å². The summed E-state index contributed by atoms with van der Waals surface area (Å²) in [4.78, 5) is 11.9. The first-order chi connectivity index (χ1) is 11.2. The summed E-state index contributed by atoms with van der Waals surface area (Å²) in [5, 5.41) is 12.1. The van der Waals surface area contributed by atoms with Crippen molar-refractivity contribution in [3.05, 3.63) is 59.7 Å². The van der Waals surface area contributed by atoms with E-state index in [0.29, 0.717) is 5.69 Å². The molecule has 0 heterocycles. The Labute approximate surface area is 137 Å². The molecule has 0 unspecified atom stereocenters. The van der Waals surface area contributed by atoms with Crippen LogP contribution in [0.2, 0.25) is 0 Å². The van der Waals surface area contributed by atoms with Crippen LogP contribution in [-0.4, -0.2) is 11.0 Å². The molecule has 0 spiro atoms. The molecule has 3 nitrogen and oxygen atoms in total. The zero-order chi connectivity index (χ0) is 16.1. The van der Waals surface area contributed by atoms with Gasteiger partial charge >= 0.3 is 0 Å². The number of hydrogen-bond acceptors (Lipinski definition) is 2. The zero-order valence-electron chi connectivity index (χ0n) is 13.3. The fourth-order valence-electron chi connectivity index (χ4n) is 3.15. The van der Waals surface area contributed by atoms with Gasteiger partial charge in [0.25, 0.3) is 0 Å². The summed E-state index contributed by atoms with van der Waals surface area (Å²) in [6.07, 6.45) is 6.75. The number of aromatic hydroxyl groups is 1. The number of phenolic OH excluding ortho intramolecular Hbond substituents is 1. The van der Waals surface area contributed by atoms with Crippen molar-refractivity contribution in [3.63, 3.8) is 0 Å². The summed E-state index contributed by atoms with van der Waals surface area (Å²) >= 11 is 0. The molecule has 2 aromatic rings. The van der Waals surface area contributed by atoms with Gasteiger partial charge in [-0.1, -0.05) is 49.6 Å². The predicted octanol–water partition coefficient (Wildman–Crippen LogP) is 4.50. The van der Waals surface area contributed by atoms with Gasteiger partial charge in [-0.3, -0.25) is 4.79 Å². The minimum atomic E-state index is 0.0882. The molecule has 2 aromatic carbocycles. The van der Waals surface area contributed by atoms with Gasteiger partial charge in [0.2, 0.25) is 5.91 Å². The second-order valence-electron chi connectivity index (χ2n) is 6.37. The molecule has 0 atom stereocenters. The molecule has 3 aliphatic carbocycles. The SMILES string of the molecule is O=C(Nc1cccc(O)c1)C1CCCCC1.c1cc2cc(c1)C2. The highest BCUT2D eigenvalue weighted by Crippen LogP contribution is 2.25. The van der Waals surface area contributed by atoms with Gasteiger partial charge in [0.1, 0.15) is 5.75 Å². The number of carbonyl (C=O) groups is 1. The lowest BCUT2D eigenvalue weighted by Crippen LogP contribution is -2.24. The maximum Gasteiger partial charge on any atom is 0.227 e. The molecule has 2 bridgehead atoms. The van der Waals surface area contributed by atoms with Gasteiger partial charge in [0, 0.05) is 17.7 Å². The van der Waals surface area contributed by atoms with Crippen molar-refractivity contribution in [2.45, 2.75) is 38.5 Å². The second kappa shape index (κ2) is 7.32. The third kappa shape index (κ3) is 4.35. The third-order valence-electron chi connectivity index (χ3n) is 4.49. The maximum atomic E-state index is 11.9. The fraction of sp³-hybridized carbons (Fsp3) is 0.350. The van der Waals surface area contributed by atoms with E-state index in [4.69, 9.17) is 0 Å². The Bertz CT molecular complexity index is 650. The van der Waals surface area contributed by atoms with E-state index in [1.807, 2.05) is 0 Å². The topological polar surface area (TPSA) is 49.3 Å². The minimum Gasteiger partial charge on any atom is -0.508 e. The van der Waals surface area contributed by atoms with Crippen molar-refractivity contribution < 1.29 is 9.90 Å². The van der Waals surface area contributed by atoms with E-state index >= 15 is 0 Å². The summed E-state index contributed by atoms with van der Waals surface area (Å²) in [6.45, 7) is 0. The summed E-state index contributed by atoms with van der Waals surface area (Å²) in [5.41, 5.74) is 3.64. The average molecular weight is 309 g/mol. The van der Waals surface area contributed by atoms with Crippen molar-refractivity contribution in [1.82, 2.24) is 0 Å². The van der Waals surface area contributed by atoms with Crippen LogP contribution in [0.5, 0.6) is 5.75 Å². The number of nitrogens with one attached hydrogen (secondary N) is 1. The van der Waals surface area contributed by atoms with Crippen molar-refractivity contribution >= 4 is 11.6 Å². The van der Waals surface area contributed by atoms with Crippen LogP contribution < -0.4 is 5.32 Å². The lowest BCUT2D eigenvalue weighted by Gasteiger charge is -2.20. The number of rotatable bonds is 2. The van der Waals surface area contributed by atoms with Crippen LogP contribution in [0.3, 0.4) is 0 Å². The van der Waals surface area contributed by atoms with Crippen LogP contribution in [0.25, 0.3) is 0 Å². The Morgan fingerprint density at radius 1 is 0.957 bits per heavy atom. The lowest BCUT2D eigenvalue weighted by atomic mass is 9.88. The Morgan fingerprint density at radius 3 is 2.13 bits per heavy atom. The standard InChI is InChI=1S/C13H17NO2.C7H6/c15-12-8-4-7-11(9-12)14-13(16)10-5-2-1-3-6-10;1-2-6-4-7(3-1)5-6/h4,7-10,15H,1-3,5-6H2,(H,14,16);1-4H,5H2. The molecule has 120 valence electrons. The van der Waals surface area contributed by atoms with Crippen molar-refractivity contribution in [1.29, 1.82) is 0 Å². The normalized spacial score (nSPS) is 15.8. The molecule has 0 saturated heterocycles. The number of hydrogen-bond donors (Lipinski definition) is 2. The van der Waals surface area contributed by atoms with Gasteiger partial charge < -0.3 is 10.4 Å². The zero-order valence-corrected chi connectivity index (χ0v) is 13.3. The van der Waals surface area contributed by atoms with Gasteiger partial charge in [0.15, 0.2) is 0 Å². The number of phenols is 1. The monoisotopic (exact) mass is 309 g/mol. The van der Waals surface area contributed by atoms with Crippen molar-refractivity contribution in [3.8, 4) is 5.75 Å². The summed E-state index contributed by atoms with van der Waals surface area (Å²) in [6, 6.07) is 15.3. The van der Waals surface area contributed by atoms with Gasteiger partial charge in [-0.15, -0.1) is 0 Å². The van der Waals surface area contributed by atoms with Crippen molar-refractivity contribution in [2.75, 3.05) is 5.32 Å². The third-order valence-corrected chi connectivity index (χ3v) is 4.49. The average Bonchev–Trinajstić information content (AvgIpc) is 2.56. The Balaban J connectivity index is 0.000000183. The van der Waals surface area contributed by atoms with Crippen LogP contribution in [0.4, 0.5) is 5.69 Å². The van der Waals surface area contributed by atoms with E-state index in [0.717, 1.165) is 25.7 Å². The maximum absolute atomic E-state index is 11.9. The van der Waals surface area contributed by atoms with E-state index in [9.17, 15) is 9.90 Å². The molecule has 1 saturated carbocycles. The van der Waals surface area contributed by atoms with Gasteiger partial charge in [-0.25, -0.2) is 0 Å². The molecule has 1 amide bonds. The smallest absolute Gasteiger partial charge is 0.227 e. The van der Waals surface area contributed by atoms with Gasteiger partial charge in [-0.2, -0.15) is 0 Å². The molecule has 2 N–H and O–H groups in total. The summed E-state index contributed by atoms with van der Waals surface area (Å²) in [7, 11) is 0. The molecule has 23 heavy (non-hydrogen) atoms. The van der Waals surface area contributed by atoms with E-state index in [1.165, 1.54) is 24.0 Å². The Kier molecular flexibility index (Phi) is 4.96. The molecule has 3 heteroatoms. The van der Waals surface area contributed by atoms with Crippen LogP contribution in [-0.2, 0) is 11.2 Å². The number of anilines is 1.